The maximum atomic E-state index is 10.4. The minimum absolute atomic E-state index is 0. The Balaban J connectivity index is 0.000000246. The first-order chi connectivity index (χ1) is 6.22. The number of aromatic nitrogens is 2. The SMILES string of the molecule is Cl.O=C1CCC(=O)N1Cl.c1c[nH]cn1. The van der Waals surface area contributed by atoms with Crippen LogP contribution in [0.15, 0.2) is 18.7 Å². The summed E-state index contributed by atoms with van der Waals surface area (Å²) >= 11 is 5.15. The number of aromatic amines is 1. The number of amides is 2. The van der Waals surface area contributed by atoms with Gasteiger partial charge in [0.05, 0.1) is 6.33 Å². The van der Waals surface area contributed by atoms with Crippen LogP contribution in [-0.4, -0.2) is 26.2 Å². The molecule has 0 spiro atoms. The molecule has 0 atom stereocenters. The maximum Gasteiger partial charge on any atom is 0.244 e. The fourth-order valence-electron chi connectivity index (χ4n) is 0.764. The van der Waals surface area contributed by atoms with E-state index in [9.17, 15) is 9.59 Å². The largest absolute Gasteiger partial charge is 0.351 e. The van der Waals surface area contributed by atoms with Crippen molar-refractivity contribution in [2.75, 3.05) is 0 Å². The lowest BCUT2D eigenvalue weighted by molar-refractivity contribution is -0.132. The van der Waals surface area contributed by atoms with Crippen molar-refractivity contribution in [3.63, 3.8) is 0 Å². The molecule has 7 heteroatoms. The highest BCUT2D eigenvalue weighted by Crippen LogP contribution is 2.12. The lowest BCUT2D eigenvalue weighted by Gasteiger charge is -1.96. The van der Waals surface area contributed by atoms with Crippen molar-refractivity contribution < 1.29 is 9.59 Å². The van der Waals surface area contributed by atoms with E-state index in [0.717, 1.165) is 0 Å². The normalized spacial score (nSPS) is 14.5. The molecule has 1 N–H and O–H groups in total. The van der Waals surface area contributed by atoms with Gasteiger partial charge in [-0.2, -0.15) is 4.42 Å². The van der Waals surface area contributed by atoms with E-state index in [4.69, 9.17) is 11.8 Å². The van der Waals surface area contributed by atoms with Crippen molar-refractivity contribution in [1.82, 2.24) is 14.4 Å². The number of hydrogen-bond acceptors (Lipinski definition) is 3. The van der Waals surface area contributed by atoms with Crippen LogP contribution in [-0.2, 0) is 9.59 Å². The van der Waals surface area contributed by atoms with Gasteiger partial charge in [0, 0.05) is 37.0 Å². The molecular formula is C7H9Cl2N3O2. The number of nitrogens with zero attached hydrogens (tertiary/aromatic N) is 2. The molecule has 1 fully saturated rings. The van der Waals surface area contributed by atoms with Crippen LogP contribution in [0.3, 0.4) is 0 Å². The third kappa shape index (κ3) is 3.76. The van der Waals surface area contributed by atoms with Gasteiger partial charge in [0.25, 0.3) is 0 Å². The zero-order valence-corrected chi connectivity index (χ0v) is 8.72. The Morgan fingerprint density at radius 1 is 1.36 bits per heavy atom. The van der Waals surface area contributed by atoms with Crippen molar-refractivity contribution in [3.8, 4) is 0 Å². The Morgan fingerprint density at radius 3 is 2.07 bits per heavy atom. The third-order valence-electron chi connectivity index (χ3n) is 1.40. The summed E-state index contributed by atoms with van der Waals surface area (Å²) in [5.74, 6) is -0.590. The standard InChI is InChI=1S/C4H4ClNO2.C3H4N2.ClH/c5-6-3(7)1-2-4(6)8;1-2-5-3-4-1;/h1-2H2;1-3H,(H,4,5);1H. The van der Waals surface area contributed by atoms with Gasteiger partial charge in [-0.3, -0.25) is 9.59 Å². The van der Waals surface area contributed by atoms with Crippen LogP contribution in [0, 0.1) is 0 Å². The monoisotopic (exact) mass is 237 g/mol. The number of hydrogen-bond donors (Lipinski definition) is 1. The highest BCUT2D eigenvalue weighted by atomic mass is 35.5. The summed E-state index contributed by atoms with van der Waals surface area (Å²) < 4.78 is 0.639. The van der Waals surface area contributed by atoms with Gasteiger partial charge in [-0.1, -0.05) is 0 Å². The van der Waals surface area contributed by atoms with Crippen LogP contribution in [0.1, 0.15) is 12.8 Å². The van der Waals surface area contributed by atoms with Gasteiger partial charge in [0.1, 0.15) is 0 Å². The molecule has 2 heterocycles. The average molecular weight is 238 g/mol. The number of carbonyl (C=O) groups excluding carboxylic acids is 2. The van der Waals surface area contributed by atoms with Crippen LogP contribution in [0.5, 0.6) is 0 Å². The number of imidazole rings is 1. The molecule has 0 radical (unpaired) electrons. The van der Waals surface area contributed by atoms with Gasteiger partial charge in [0.15, 0.2) is 0 Å². The first-order valence-corrected chi connectivity index (χ1v) is 4.00. The molecule has 2 rings (SSSR count). The Kier molecular flexibility index (Phi) is 5.91. The van der Waals surface area contributed by atoms with E-state index in [1.807, 2.05) is 0 Å². The number of nitrogens with one attached hydrogen (secondary N) is 1. The fourth-order valence-corrected chi connectivity index (χ4v) is 0.933. The van der Waals surface area contributed by atoms with Gasteiger partial charge in [-0.15, -0.1) is 12.4 Å². The van der Waals surface area contributed by atoms with Crippen LogP contribution in [0.25, 0.3) is 0 Å². The Morgan fingerprint density at radius 2 is 1.93 bits per heavy atom. The minimum atomic E-state index is -0.295. The number of imide groups is 1. The van der Waals surface area contributed by atoms with Crippen LogP contribution >= 0.6 is 24.2 Å². The maximum absolute atomic E-state index is 10.4. The van der Waals surface area contributed by atoms with Gasteiger partial charge in [-0.05, 0) is 0 Å². The lowest BCUT2D eigenvalue weighted by Crippen LogP contribution is -2.16. The lowest BCUT2D eigenvalue weighted by atomic mass is 10.4. The topological polar surface area (TPSA) is 66.1 Å². The summed E-state index contributed by atoms with van der Waals surface area (Å²) in [5, 5.41) is 0. The molecule has 0 aliphatic carbocycles. The molecule has 78 valence electrons. The fraction of sp³-hybridized carbons (Fsp3) is 0.286. The molecule has 2 amide bonds. The molecule has 1 aromatic heterocycles. The molecule has 1 aromatic rings. The van der Waals surface area contributed by atoms with E-state index < -0.39 is 0 Å². The predicted octanol–water partition coefficient (Wildman–Crippen LogP) is 1.12. The summed E-state index contributed by atoms with van der Waals surface area (Å²) in [6.07, 6.45) is 5.62. The van der Waals surface area contributed by atoms with Crippen LogP contribution in [0.2, 0.25) is 0 Å². The quantitative estimate of drug-likeness (QED) is 0.544. The summed E-state index contributed by atoms with van der Waals surface area (Å²) in [6, 6.07) is 0. The zero-order valence-electron chi connectivity index (χ0n) is 7.14. The Hall–Kier alpha value is -1.07. The van der Waals surface area contributed by atoms with Gasteiger partial charge in [-0.25, -0.2) is 4.98 Å². The van der Waals surface area contributed by atoms with E-state index in [0.29, 0.717) is 4.42 Å². The van der Waals surface area contributed by atoms with Crippen molar-refractivity contribution in [2.24, 2.45) is 0 Å². The Labute approximate surface area is 92.0 Å². The highest BCUT2D eigenvalue weighted by Gasteiger charge is 2.26. The van der Waals surface area contributed by atoms with Gasteiger partial charge >= 0.3 is 0 Å². The zero-order chi connectivity index (χ0) is 9.68. The molecule has 5 nitrogen and oxygen atoms in total. The minimum Gasteiger partial charge on any atom is -0.351 e. The second-order valence-corrected chi connectivity index (χ2v) is 2.67. The van der Waals surface area contributed by atoms with Gasteiger partial charge < -0.3 is 4.98 Å². The van der Waals surface area contributed by atoms with E-state index >= 15 is 0 Å². The molecule has 0 aromatic carbocycles. The summed E-state index contributed by atoms with van der Waals surface area (Å²) in [6.45, 7) is 0. The first kappa shape index (κ1) is 12.9. The van der Waals surface area contributed by atoms with Crippen molar-refractivity contribution >= 4 is 36.0 Å². The van der Waals surface area contributed by atoms with Gasteiger partial charge in [0.2, 0.25) is 11.8 Å². The molecule has 14 heavy (non-hydrogen) atoms. The molecule has 1 saturated heterocycles. The first-order valence-electron chi connectivity index (χ1n) is 3.66. The number of H-pyrrole nitrogens is 1. The third-order valence-corrected chi connectivity index (χ3v) is 1.77. The molecule has 0 bridgehead atoms. The van der Waals surface area contributed by atoms with E-state index in [2.05, 4.69) is 9.97 Å². The molecule has 1 aliphatic rings. The summed E-state index contributed by atoms with van der Waals surface area (Å²) in [5.41, 5.74) is 0. The smallest absolute Gasteiger partial charge is 0.244 e. The predicted molar refractivity (Wildman–Crippen MR) is 52.8 cm³/mol. The number of rotatable bonds is 0. The summed E-state index contributed by atoms with van der Waals surface area (Å²) in [7, 11) is 0. The summed E-state index contributed by atoms with van der Waals surface area (Å²) in [4.78, 5) is 27.1. The average Bonchev–Trinajstić information content (AvgIpc) is 2.75. The van der Waals surface area contributed by atoms with E-state index in [1.54, 1.807) is 18.7 Å². The molecule has 0 saturated carbocycles. The Bertz CT molecular complexity index is 256. The molecule has 0 unspecified atom stereocenters. The van der Waals surface area contributed by atoms with Crippen molar-refractivity contribution in [1.29, 1.82) is 0 Å². The molecule has 1 aliphatic heterocycles. The number of halogens is 2. The van der Waals surface area contributed by atoms with Crippen LogP contribution < -0.4 is 0 Å². The van der Waals surface area contributed by atoms with Crippen molar-refractivity contribution in [3.05, 3.63) is 18.7 Å². The second kappa shape index (κ2) is 6.39. The van der Waals surface area contributed by atoms with Crippen molar-refractivity contribution in [2.45, 2.75) is 12.8 Å². The number of carbonyl (C=O) groups is 2. The second-order valence-electron chi connectivity index (χ2n) is 2.33. The van der Waals surface area contributed by atoms with Crippen LogP contribution in [0.4, 0.5) is 0 Å². The van der Waals surface area contributed by atoms with E-state index in [-0.39, 0.29) is 37.1 Å². The molecular weight excluding hydrogens is 229 g/mol. The van der Waals surface area contributed by atoms with E-state index in [1.165, 1.54) is 0 Å². The highest BCUT2D eigenvalue weighted by molar-refractivity contribution is 6.32.